The summed E-state index contributed by atoms with van der Waals surface area (Å²) in [5, 5.41) is 13.8. The van der Waals surface area contributed by atoms with Gasteiger partial charge in [0.2, 0.25) is 6.41 Å². The lowest BCUT2D eigenvalue weighted by Gasteiger charge is -2.29. The number of aryl methyl sites for hydroxylation is 1. The van der Waals surface area contributed by atoms with Gasteiger partial charge < -0.3 is 15.0 Å². The number of aromatic nitrogens is 2. The Hall–Kier alpha value is -3.43. The number of halogens is 1. The lowest BCUT2D eigenvalue weighted by atomic mass is 9.86. The first-order chi connectivity index (χ1) is 17.0. The molecule has 1 aliphatic heterocycles. The summed E-state index contributed by atoms with van der Waals surface area (Å²) in [6.07, 6.45) is 10.3. The second kappa shape index (κ2) is 11.3. The average Bonchev–Trinajstić information content (AvgIpc) is 3.28. The van der Waals surface area contributed by atoms with Gasteiger partial charge in [-0.3, -0.25) is 20.1 Å². The summed E-state index contributed by atoms with van der Waals surface area (Å²) in [6.45, 7) is 4.35. The van der Waals surface area contributed by atoms with Gasteiger partial charge in [-0.25, -0.2) is 4.39 Å². The van der Waals surface area contributed by atoms with Crippen molar-refractivity contribution >= 4 is 29.5 Å². The van der Waals surface area contributed by atoms with Crippen LogP contribution in [0.25, 0.3) is 0 Å². The summed E-state index contributed by atoms with van der Waals surface area (Å²) in [5.41, 5.74) is 4.06. The van der Waals surface area contributed by atoms with Crippen LogP contribution >= 0.6 is 0 Å². The number of carbonyl (C=O) groups excluding carboxylic acids is 2. The van der Waals surface area contributed by atoms with Gasteiger partial charge in [-0.1, -0.05) is 19.3 Å². The Morgan fingerprint density at radius 1 is 1.26 bits per heavy atom. The number of H-pyrrole nitrogens is 1. The van der Waals surface area contributed by atoms with E-state index in [1.165, 1.54) is 17.4 Å². The fourth-order valence-electron chi connectivity index (χ4n) is 4.68. The molecule has 0 bridgehead atoms. The standard InChI is InChI=1S/C25H33FN6O3/c1-16-22(14-27-29-16)28-25(34)19-12-20(26)21(30-31-24-10-6-7-11-32(24)15-33)13-23(19)35-17(2)18-8-4-3-5-9-18/h12-15,17-18,30H,3-11H2,1-2H3,(H,27,29)(H,28,34)/b31-24-/t17-/m0/s1. The molecule has 35 heavy (non-hydrogen) atoms. The van der Waals surface area contributed by atoms with Crippen molar-refractivity contribution in [2.24, 2.45) is 11.0 Å². The first kappa shape index (κ1) is 24.7. The predicted molar refractivity (Wildman–Crippen MR) is 132 cm³/mol. The van der Waals surface area contributed by atoms with Crippen molar-refractivity contribution in [3.8, 4) is 5.75 Å². The molecule has 1 saturated carbocycles. The number of benzene rings is 1. The maximum absolute atomic E-state index is 15.1. The highest BCUT2D eigenvalue weighted by Gasteiger charge is 2.25. The molecule has 4 rings (SSSR count). The smallest absolute Gasteiger partial charge is 0.259 e. The summed E-state index contributed by atoms with van der Waals surface area (Å²) >= 11 is 0. The van der Waals surface area contributed by atoms with E-state index in [9.17, 15) is 9.59 Å². The van der Waals surface area contributed by atoms with Crippen molar-refractivity contribution < 1.29 is 18.7 Å². The number of carbonyl (C=O) groups is 2. The van der Waals surface area contributed by atoms with Crippen LogP contribution in [0.3, 0.4) is 0 Å². The van der Waals surface area contributed by atoms with Crippen molar-refractivity contribution in [1.82, 2.24) is 15.1 Å². The van der Waals surface area contributed by atoms with Gasteiger partial charge in [0.15, 0.2) is 0 Å². The van der Waals surface area contributed by atoms with Gasteiger partial charge >= 0.3 is 0 Å². The molecule has 1 aromatic heterocycles. The van der Waals surface area contributed by atoms with E-state index in [-0.39, 0.29) is 23.1 Å². The first-order valence-corrected chi connectivity index (χ1v) is 12.3. The summed E-state index contributed by atoms with van der Waals surface area (Å²) in [5.74, 6) is 0.0783. The van der Waals surface area contributed by atoms with Crippen LogP contribution in [0.1, 0.15) is 74.3 Å². The van der Waals surface area contributed by atoms with Crippen LogP contribution in [-0.2, 0) is 4.79 Å². The Bertz CT molecular complexity index is 1080. The highest BCUT2D eigenvalue weighted by atomic mass is 19.1. The molecule has 2 aromatic rings. The van der Waals surface area contributed by atoms with Crippen molar-refractivity contribution in [1.29, 1.82) is 0 Å². The van der Waals surface area contributed by atoms with Crippen LogP contribution in [0.5, 0.6) is 5.75 Å². The van der Waals surface area contributed by atoms with Crippen LogP contribution in [0, 0.1) is 18.7 Å². The van der Waals surface area contributed by atoms with Crippen LogP contribution < -0.4 is 15.5 Å². The van der Waals surface area contributed by atoms with Gasteiger partial charge in [0.1, 0.15) is 17.4 Å². The first-order valence-electron chi connectivity index (χ1n) is 12.3. The Labute approximate surface area is 204 Å². The lowest BCUT2D eigenvalue weighted by molar-refractivity contribution is -0.115. The van der Waals surface area contributed by atoms with E-state index in [1.807, 2.05) is 6.92 Å². The molecule has 0 unspecified atom stereocenters. The topological polar surface area (TPSA) is 112 Å². The van der Waals surface area contributed by atoms with Crippen LogP contribution in [0.2, 0.25) is 0 Å². The molecule has 0 spiro atoms. The second-order valence-corrected chi connectivity index (χ2v) is 9.28. The van der Waals surface area contributed by atoms with E-state index < -0.39 is 11.7 Å². The normalized spacial score (nSPS) is 18.8. The Morgan fingerprint density at radius 3 is 2.77 bits per heavy atom. The van der Waals surface area contributed by atoms with Gasteiger partial charge in [-0.15, -0.1) is 0 Å². The number of nitrogens with zero attached hydrogens (tertiary/aromatic N) is 3. The summed E-state index contributed by atoms with van der Waals surface area (Å²) in [7, 11) is 0. The zero-order chi connectivity index (χ0) is 24.8. The highest BCUT2D eigenvalue weighted by Crippen LogP contribution is 2.33. The van der Waals surface area contributed by atoms with Crippen molar-refractivity contribution in [3.63, 3.8) is 0 Å². The molecule has 0 radical (unpaired) electrons. The van der Waals surface area contributed by atoms with E-state index in [1.54, 1.807) is 13.1 Å². The van der Waals surface area contributed by atoms with Crippen LogP contribution in [0.4, 0.5) is 15.8 Å². The highest BCUT2D eigenvalue weighted by molar-refractivity contribution is 6.06. The van der Waals surface area contributed by atoms with Gasteiger partial charge in [-0.2, -0.15) is 10.2 Å². The molecule has 1 saturated heterocycles. The number of aromatic amines is 1. The Balaban J connectivity index is 1.61. The van der Waals surface area contributed by atoms with E-state index in [4.69, 9.17) is 4.74 Å². The number of hydrogen-bond acceptors (Lipinski definition) is 6. The molecule has 2 aliphatic rings. The van der Waals surface area contributed by atoms with Gasteiger partial charge in [-0.05, 0) is 51.5 Å². The van der Waals surface area contributed by atoms with E-state index >= 15 is 4.39 Å². The maximum Gasteiger partial charge on any atom is 0.259 e. The second-order valence-electron chi connectivity index (χ2n) is 9.28. The average molecular weight is 485 g/mol. The molecule has 1 aromatic carbocycles. The molecular weight excluding hydrogens is 451 g/mol. The zero-order valence-corrected chi connectivity index (χ0v) is 20.3. The number of rotatable bonds is 8. The van der Waals surface area contributed by atoms with Gasteiger partial charge in [0.25, 0.3) is 5.91 Å². The molecular formula is C25H33FN6O3. The van der Waals surface area contributed by atoms with Crippen LogP contribution in [0.15, 0.2) is 23.4 Å². The number of amidine groups is 1. The third kappa shape index (κ3) is 5.98. The number of piperidine rings is 1. The number of likely N-dealkylation sites (tertiary alicyclic amines) is 1. The quantitative estimate of drug-likeness (QED) is 0.367. The molecule has 10 heteroatoms. The number of hydrogen-bond donors (Lipinski definition) is 3. The Kier molecular flexibility index (Phi) is 7.99. The fraction of sp³-hybridized carbons (Fsp3) is 0.520. The third-order valence-electron chi connectivity index (χ3n) is 6.83. The van der Waals surface area contributed by atoms with E-state index in [0.29, 0.717) is 36.1 Å². The number of anilines is 2. The molecule has 1 atom stereocenters. The molecule has 2 fully saturated rings. The number of ether oxygens (including phenoxy) is 1. The minimum Gasteiger partial charge on any atom is -0.490 e. The molecule has 2 heterocycles. The Morgan fingerprint density at radius 2 is 2.06 bits per heavy atom. The van der Waals surface area contributed by atoms with Crippen molar-refractivity contribution in [3.05, 3.63) is 35.4 Å². The third-order valence-corrected chi connectivity index (χ3v) is 6.83. The number of amides is 2. The van der Waals surface area contributed by atoms with Gasteiger partial charge in [0, 0.05) is 25.2 Å². The van der Waals surface area contributed by atoms with E-state index in [2.05, 4.69) is 26.0 Å². The zero-order valence-electron chi connectivity index (χ0n) is 20.3. The molecule has 9 nitrogen and oxygen atoms in total. The molecule has 2 amide bonds. The minimum atomic E-state index is -0.644. The monoisotopic (exact) mass is 484 g/mol. The largest absolute Gasteiger partial charge is 0.490 e. The van der Waals surface area contributed by atoms with Gasteiger partial charge in [0.05, 0.1) is 28.7 Å². The summed E-state index contributed by atoms with van der Waals surface area (Å²) in [4.78, 5) is 25.9. The molecule has 1 aliphatic carbocycles. The molecule has 3 N–H and O–H groups in total. The number of hydrazone groups is 1. The SMILES string of the molecule is Cc1n[nH]cc1NC(=O)c1cc(F)c(N/N=C2/CCCCN2C=O)cc1O[C@@H](C)C1CCCCC1. The van der Waals surface area contributed by atoms with Crippen molar-refractivity contribution in [2.45, 2.75) is 71.3 Å². The minimum absolute atomic E-state index is 0.0795. The summed E-state index contributed by atoms with van der Waals surface area (Å²) < 4.78 is 21.4. The maximum atomic E-state index is 15.1. The van der Waals surface area contributed by atoms with E-state index in [0.717, 1.165) is 51.0 Å². The van der Waals surface area contributed by atoms with Crippen LogP contribution in [-0.4, -0.2) is 45.9 Å². The summed E-state index contributed by atoms with van der Waals surface area (Å²) in [6, 6.07) is 2.64. The fourth-order valence-corrected chi connectivity index (χ4v) is 4.68. The molecule has 188 valence electrons. The lowest BCUT2D eigenvalue weighted by Crippen LogP contribution is -2.34. The predicted octanol–water partition coefficient (Wildman–Crippen LogP) is 4.82. The number of nitrogens with one attached hydrogen (secondary N) is 3. The van der Waals surface area contributed by atoms with Crippen molar-refractivity contribution in [2.75, 3.05) is 17.3 Å².